The van der Waals surface area contributed by atoms with E-state index in [0.717, 1.165) is 21.8 Å². The molecule has 0 radical (unpaired) electrons. The molecule has 0 bridgehead atoms. The summed E-state index contributed by atoms with van der Waals surface area (Å²) in [7, 11) is 1.55. The second kappa shape index (κ2) is 7.09. The third-order valence-corrected chi connectivity index (χ3v) is 6.04. The van der Waals surface area contributed by atoms with Crippen molar-refractivity contribution in [2.24, 2.45) is 0 Å². The van der Waals surface area contributed by atoms with Crippen molar-refractivity contribution in [3.05, 3.63) is 69.7 Å². The Balaban J connectivity index is 1.89. The standard InChI is InChI=1S/C21H16FNO4S/c1-27-14-8-4-12(5-9-14)17-18-19(28-20(17)21(25)26)15(10-16(24)23-18)11-2-6-13(22)7-3-11/h2-9,15H,10H2,1H3,(H,23,24)(H,25,26)/t15-/m0/s1. The Morgan fingerprint density at radius 1 is 1.18 bits per heavy atom. The van der Waals surface area contributed by atoms with Gasteiger partial charge in [0.2, 0.25) is 5.91 Å². The largest absolute Gasteiger partial charge is 0.497 e. The number of carboxylic acid groups (broad SMARTS) is 1. The van der Waals surface area contributed by atoms with Crippen LogP contribution in [0.25, 0.3) is 11.1 Å². The van der Waals surface area contributed by atoms with Crippen LogP contribution in [0.3, 0.4) is 0 Å². The van der Waals surface area contributed by atoms with Crippen molar-refractivity contribution in [2.45, 2.75) is 12.3 Å². The summed E-state index contributed by atoms with van der Waals surface area (Å²) >= 11 is 1.14. The average Bonchev–Trinajstić information content (AvgIpc) is 3.07. The third kappa shape index (κ3) is 3.14. The van der Waals surface area contributed by atoms with E-state index in [-0.39, 0.29) is 28.9 Å². The first-order valence-corrected chi connectivity index (χ1v) is 9.39. The van der Waals surface area contributed by atoms with Crippen LogP contribution in [0, 0.1) is 5.82 Å². The first-order chi connectivity index (χ1) is 13.5. The maximum absolute atomic E-state index is 13.3. The van der Waals surface area contributed by atoms with E-state index < -0.39 is 5.97 Å². The van der Waals surface area contributed by atoms with E-state index >= 15 is 0 Å². The zero-order valence-corrected chi connectivity index (χ0v) is 15.7. The van der Waals surface area contributed by atoms with Gasteiger partial charge in [-0.05, 0) is 35.4 Å². The monoisotopic (exact) mass is 397 g/mol. The second-order valence-electron chi connectivity index (χ2n) is 6.44. The number of ether oxygens (including phenoxy) is 1. The number of amides is 1. The highest BCUT2D eigenvalue weighted by atomic mass is 32.1. The van der Waals surface area contributed by atoms with Crippen LogP contribution in [0.1, 0.15) is 32.5 Å². The Labute approximate surface area is 164 Å². The molecule has 2 aromatic carbocycles. The van der Waals surface area contributed by atoms with E-state index in [4.69, 9.17) is 4.74 Å². The average molecular weight is 397 g/mol. The molecule has 1 aromatic heterocycles. The molecular weight excluding hydrogens is 381 g/mol. The molecule has 0 fully saturated rings. The molecule has 0 unspecified atom stereocenters. The van der Waals surface area contributed by atoms with Gasteiger partial charge in [0, 0.05) is 22.8 Å². The van der Waals surface area contributed by atoms with Crippen LogP contribution in [-0.2, 0) is 4.79 Å². The minimum Gasteiger partial charge on any atom is -0.497 e. The normalized spacial score (nSPS) is 15.6. The number of halogens is 1. The van der Waals surface area contributed by atoms with Crippen molar-refractivity contribution in [3.8, 4) is 16.9 Å². The Bertz CT molecular complexity index is 1060. The van der Waals surface area contributed by atoms with Gasteiger partial charge in [-0.15, -0.1) is 11.3 Å². The zero-order chi connectivity index (χ0) is 19.8. The number of carboxylic acids is 1. The highest BCUT2D eigenvalue weighted by Crippen LogP contribution is 2.49. The predicted octanol–water partition coefficient (Wildman–Crippen LogP) is 4.74. The number of methoxy groups -OCH3 is 1. The van der Waals surface area contributed by atoms with Gasteiger partial charge in [0.05, 0.1) is 12.8 Å². The number of benzene rings is 2. The van der Waals surface area contributed by atoms with E-state index in [9.17, 15) is 19.1 Å². The van der Waals surface area contributed by atoms with Gasteiger partial charge in [0.1, 0.15) is 16.4 Å². The summed E-state index contributed by atoms with van der Waals surface area (Å²) in [5.74, 6) is -1.29. The third-order valence-electron chi connectivity index (χ3n) is 4.75. The number of fused-ring (bicyclic) bond motifs is 1. The Morgan fingerprint density at radius 3 is 2.46 bits per heavy atom. The van der Waals surface area contributed by atoms with Crippen molar-refractivity contribution in [1.29, 1.82) is 0 Å². The molecule has 0 saturated heterocycles. The zero-order valence-electron chi connectivity index (χ0n) is 14.9. The first-order valence-electron chi connectivity index (χ1n) is 8.57. The van der Waals surface area contributed by atoms with Gasteiger partial charge in [-0.1, -0.05) is 24.3 Å². The van der Waals surface area contributed by atoms with Gasteiger partial charge in [-0.3, -0.25) is 4.79 Å². The van der Waals surface area contributed by atoms with Gasteiger partial charge in [0.15, 0.2) is 0 Å². The van der Waals surface area contributed by atoms with Crippen molar-refractivity contribution in [2.75, 3.05) is 12.4 Å². The molecule has 0 aliphatic carbocycles. The fourth-order valence-electron chi connectivity index (χ4n) is 3.43. The van der Waals surface area contributed by atoms with Crippen molar-refractivity contribution < 1.29 is 23.8 Å². The van der Waals surface area contributed by atoms with E-state index in [1.807, 2.05) is 0 Å². The molecule has 0 spiro atoms. The maximum atomic E-state index is 13.3. The van der Waals surface area contributed by atoms with Crippen LogP contribution in [0.5, 0.6) is 5.75 Å². The van der Waals surface area contributed by atoms with Gasteiger partial charge in [-0.25, -0.2) is 9.18 Å². The van der Waals surface area contributed by atoms with Crippen LogP contribution in [-0.4, -0.2) is 24.1 Å². The molecule has 1 atom stereocenters. The highest BCUT2D eigenvalue weighted by molar-refractivity contribution is 7.15. The summed E-state index contributed by atoms with van der Waals surface area (Å²) < 4.78 is 18.5. The van der Waals surface area contributed by atoms with Gasteiger partial charge >= 0.3 is 5.97 Å². The molecule has 0 saturated carbocycles. The summed E-state index contributed by atoms with van der Waals surface area (Å²) in [6.07, 6.45) is 0.181. The topological polar surface area (TPSA) is 75.6 Å². The lowest BCUT2D eigenvalue weighted by Crippen LogP contribution is -2.22. The minimum absolute atomic E-state index is 0.157. The van der Waals surface area contributed by atoms with E-state index in [0.29, 0.717) is 22.6 Å². The first kappa shape index (κ1) is 18.2. The molecule has 2 N–H and O–H groups in total. The lowest BCUT2D eigenvalue weighted by atomic mass is 9.88. The number of carbonyl (C=O) groups is 2. The molecule has 1 aliphatic heterocycles. The summed E-state index contributed by atoms with van der Waals surface area (Å²) in [6.45, 7) is 0. The molecule has 3 aromatic rings. The molecule has 1 amide bonds. The number of hydrogen-bond donors (Lipinski definition) is 2. The summed E-state index contributed by atoms with van der Waals surface area (Å²) in [4.78, 5) is 25.2. The van der Waals surface area contributed by atoms with Gasteiger partial charge < -0.3 is 15.2 Å². The molecular formula is C21H16FNO4S. The SMILES string of the molecule is COc1ccc(-c2c(C(=O)O)sc3c2NC(=O)C[C@H]3c2ccc(F)cc2)cc1. The highest BCUT2D eigenvalue weighted by Gasteiger charge is 2.34. The molecule has 28 heavy (non-hydrogen) atoms. The maximum Gasteiger partial charge on any atom is 0.346 e. The van der Waals surface area contributed by atoms with Crippen molar-refractivity contribution >= 4 is 28.9 Å². The quantitative estimate of drug-likeness (QED) is 0.667. The smallest absolute Gasteiger partial charge is 0.346 e. The van der Waals surface area contributed by atoms with Gasteiger partial charge in [-0.2, -0.15) is 0 Å². The van der Waals surface area contributed by atoms with Crippen LogP contribution in [0.4, 0.5) is 10.1 Å². The van der Waals surface area contributed by atoms with Crippen LogP contribution < -0.4 is 10.1 Å². The summed E-state index contributed by atoms with van der Waals surface area (Å²) in [5.41, 5.74) is 2.45. The minimum atomic E-state index is -1.06. The Kier molecular flexibility index (Phi) is 4.60. The fraction of sp³-hybridized carbons (Fsp3) is 0.143. The van der Waals surface area contributed by atoms with Crippen LogP contribution >= 0.6 is 11.3 Å². The predicted molar refractivity (Wildman–Crippen MR) is 105 cm³/mol. The summed E-state index contributed by atoms with van der Waals surface area (Å²) in [5, 5.41) is 12.6. The lowest BCUT2D eigenvalue weighted by Gasteiger charge is -2.24. The summed E-state index contributed by atoms with van der Waals surface area (Å²) in [6, 6.07) is 13.0. The number of anilines is 1. The van der Waals surface area contributed by atoms with E-state index in [1.165, 1.54) is 12.1 Å². The number of nitrogens with one attached hydrogen (secondary N) is 1. The number of hydrogen-bond acceptors (Lipinski definition) is 4. The molecule has 2 heterocycles. The molecule has 1 aliphatic rings. The van der Waals surface area contributed by atoms with E-state index in [1.54, 1.807) is 43.5 Å². The van der Waals surface area contributed by atoms with Gasteiger partial charge in [0.25, 0.3) is 0 Å². The van der Waals surface area contributed by atoms with Crippen LogP contribution in [0.15, 0.2) is 48.5 Å². The fourth-order valence-corrected chi connectivity index (χ4v) is 4.68. The number of thiophene rings is 1. The second-order valence-corrected chi connectivity index (χ2v) is 7.49. The Hall–Kier alpha value is -3.19. The molecule has 7 heteroatoms. The lowest BCUT2D eigenvalue weighted by molar-refractivity contribution is -0.116. The molecule has 4 rings (SSSR count). The van der Waals surface area contributed by atoms with Crippen molar-refractivity contribution in [3.63, 3.8) is 0 Å². The Morgan fingerprint density at radius 2 is 1.86 bits per heavy atom. The number of rotatable bonds is 4. The number of aromatic carboxylic acids is 1. The molecule has 142 valence electrons. The van der Waals surface area contributed by atoms with Crippen LogP contribution in [0.2, 0.25) is 0 Å². The molecule has 5 nitrogen and oxygen atoms in total. The van der Waals surface area contributed by atoms with Crippen molar-refractivity contribution in [1.82, 2.24) is 0 Å². The number of carbonyl (C=O) groups excluding carboxylic acids is 1. The van der Waals surface area contributed by atoms with E-state index in [2.05, 4.69) is 5.32 Å².